The molecule has 0 aliphatic carbocycles. The number of pyridine rings is 1. The zero-order valence-electron chi connectivity index (χ0n) is 10.7. The van der Waals surface area contributed by atoms with E-state index in [1.54, 1.807) is 0 Å². The highest BCUT2D eigenvalue weighted by molar-refractivity contribution is 6.08. The third-order valence-corrected chi connectivity index (χ3v) is 3.77. The van der Waals surface area contributed by atoms with Gasteiger partial charge in [0, 0.05) is 16.2 Å². The Labute approximate surface area is 111 Å². The lowest BCUT2D eigenvalue weighted by Gasteiger charge is -2.07. The summed E-state index contributed by atoms with van der Waals surface area (Å²) in [5, 5.41) is 4.92. The van der Waals surface area contributed by atoms with Crippen molar-refractivity contribution in [2.75, 3.05) is 0 Å². The SMILES string of the molecule is Cc1cccc2nc3c(ccc4ccccc43)cc12. The van der Waals surface area contributed by atoms with Crippen LogP contribution in [0.15, 0.2) is 60.7 Å². The molecular formula is C18H13N. The van der Waals surface area contributed by atoms with Crippen LogP contribution < -0.4 is 0 Å². The van der Waals surface area contributed by atoms with Crippen molar-refractivity contribution in [3.8, 4) is 0 Å². The molecule has 0 aliphatic rings. The van der Waals surface area contributed by atoms with Gasteiger partial charge in [-0.1, -0.05) is 48.5 Å². The van der Waals surface area contributed by atoms with E-state index in [9.17, 15) is 0 Å². The number of aryl methyl sites for hydroxylation is 1. The van der Waals surface area contributed by atoms with Gasteiger partial charge in [0.2, 0.25) is 0 Å². The molecule has 4 aromatic rings. The second kappa shape index (κ2) is 3.79. The average molecular weight is 243 g/mol. The zero-order chi connectivity index (χ0) is 12.8. The molecule has 90 valence electrons. The molecule has 0 bridgehead atoms. The number of fused-ring (bicyclic) bond motifs is 4. The number of rotatable bonds is 0. The first kappa shape index (κ1) is 10.5. The molecule has 4 rings (SSSR count). The topological polar surface area (TPSA) is 12.9 Å². The normalized spacial score (nSPS) is 11.4. The molecule has 1 nitrogen and oxygen atoms in total. The maximum atomic E-state index is 4.87. The lowest BCUT2D eigenvalue weighted by molar-refractivity contribution is 1.47. The molecule has 3 aromatic carbocycles. The molecule has 0 saturated heterocycles. The van der Waals surface area contributed by atoms with E-state index < -0.39 is 0 Å². The number of hydrogen-bond donors (Lipinski definition) is 0. The van der Waals surface area contributed by atoms with Crippen LogP contribution >= 0.6 is 0 Å². The quantitative estimate of drug-likeness (QED) is 0.318. The molecule has 0 N–H and O–H groups in total. The van der Waals surface area contributed by atoms with Gasteiger partial charge in [0.1, 0.15) is 0 Å². The van der Waals surface area contributed by atoms with Crippen LogP contribution in [0, 0.1) is 6.92 Å². The molecule has 0 spiro atoms. The molecule has 1 aromatic heterocycles. The predicted molar refractivity (Wildman–Crippen MR) is 81.5 cm³/mol. The third-order valence-electron chi connectivity index (χ3n) is 3.77. The Hall–Kier alpha value is -2.41. The van der Waals surface area contributed by atoms with Gasteiger partial charge in [-0.25, -0.2) is 4.98 Å². The fourth-order valence-corrected chi connectivity index (χ4v) is 2.74. The minimum atomic E-state index is 1.07. The maximum absolute atomic E-state index is 4.87. The number of aromatic nitrogens is 1. The van der Waals surface area contributed by atoms with E-state index in [1.807, 2.05) is 0 Å². The maximum Gasteiger partial charge on any atom is 0.0788 e. The minimum absolute atomic E-state index is 1.07. The van der Waals surface area contributed by atoms with Crippen LogP contribution in [0.3, 0.4) is 0 Å². The highest BCUT2D eigenvalue weighted by Gasteiger charge is 2.05. The lowest BCUT2D eigenvalue weighted by Crippen LogP contribution is -1.86. The van der Waals surface area contributed by atoms with Crippen molar-refractivity contribution in [2.24, 2.45) is 0 Å². The van der Waals surface area contributed by atoms with Crippen molar-refractivity contribution >= 4 is 32.6 Å². The Morgan fingerprint density at radius 3 is 2.53 bits per heavy atom. The van der Waals surface area contributed by atoms with Crippen molar-refractivity contribution in [3.63, 3.8) is 0 Å². The van der Waals surface area contributed by atoms with E-state index in [2.05, 4.69) is 67.6 Å². The van der Waals surface area contributed by atoms with Gasteiger partial charge in [0.15, 0.2) is 0 Å². The van der Waals surface area contributed by atoms with Gasteiger partial charge in [-0.2, -0.15) is 0 Å². The molecule has 0 radical (unpaired) electrons. The Bertz CT molecular complexity index is 922. The summed E-state index contributed by atoms with van der Waals surface area (Å²) in [5.41, 5.74) is 3.44. The Morgan fingerprint density at radius 1 is 0.737 bits per heavy atom. The van der Waals surface area contributed by atoms with Crippen molar-refractivity contribution in [1.82, 2.24) is 4.98 Å². The first-order valence-electron chi connectivity index (χ1n) is 6.51. The first-order valence-corrected chi connectivity index (χ1v) is 6.51. The third kappa shape index (κ3) is 1.52. The molecule has 0 amide bonds. The standard InChI is InChI=1S/C18H13N/c1-12-5-4-8-17-16(12)11-14-10-9-13-6-2-3-7-15(13)18(14)19-17/h2-11H,1H3. The van der Waals surface area contributed by atoms with E-state index in [1.165, 1.54) is 27.1 Å². The monoisotopic (exact) mass is 243 g/mol. The van der Waals surface area contributed by atoms with Gasteiger partial charge in [0.05, 0.1) is 11.0 Å². The molecule has 1 heteroatoms. The minimum Gasteiger partial charge on any atom is -0.247 e. The predicted octanol–water partition coefficient (Wildman–Crippen LogP) is 4.85. The molecule has 0 unspecified atom stereocenters. The Balaban J connectivity index is 2.26. The number of nitrogens with zero attached hydrogens (tertiary/aromatic N) is 1. The Kier molecular flexibility index (Phi) is 2.10. The van der Waals surface area contributed by atoms with Crippen molar-refractivity contribution in [3.05, 3.63) is 66.2 Å². The zero-order valence-corrected chi connectivity index (χ0v) is 10.7. The van der Waals surface area contributed by atoms with Crippen LogP contribution in [-0.2, 0) is 0 Å². The van der Waals surface area contributed by atoms with Crippen molar-refractivity contribution in [2.45, 2.75) is 6.92 Å². The molecule has 1 heterocycles. The van der Waals surface area contributed by atoms with Crippen LogP contribution in [0.4, 0.5) is 0 Å². The first-order chi connectivity index (χ1) is 9.33. The summed E-state index contributed by atoms with van der Waals surface area (Å²) in [6.45, 7) is 2.14. The molecule has 0 atom stereocenters. The van der Waals surface area contributed by atoms with E-state index in [-0.39, 0.29) is 0 Å². The van der Waals surface area contributed by atoms with E-state index >= 15 is 0 Å². The van der Waals surface area contributed by atoms with Gasteiger partial charge in [-0.3, -0.25) is 0 Å². The summed E-state index contributed by atoms with van der Waals surface area (Å²) in [6, 6.07) is 21.3. The van der Waals surface area contributed by atoms with Gasteiger partial charge in [-0.05, 0) is 30.0 Å². The number of hydrogen-bond acceptors (Lipinski definition) is 1. The highest BCUT2D eigenvalue weighted by atomic mass is 14.7. The molecule has 19 heavy (non-hydrogen) atoms. The van der Waals surface area contributed by atoms with Crippen LogP contribution in [0.1, 0.15) is 5.56 Å². The van der Waals surface area contributed by atoms with Crippen molar-refractivity contribution in [1.29, 1.82) is 0 Å². The van der Waals surface area contributed by atoms with E-state index in [4.69, 9.17) is 4.98 Å². The van der Waals surface area contributed by atoms with Crippen LogP contribution in [0.25, 0.3) is 32.6 Å². The molecule has 0 saturated carbocycles. The second-order valence-electron chi connectivity index (χ2n) is 4.99. The largest absolute Gasteiger partial charge is 0.247 e. The fraction of sp³-hybridized carbons (Fsp3) is 0.0556. The molecule has 0 aliphatic heterocycles. The summed E-state index contributed by atoms with van der Waals surface area (Å²) in [5.74, 6) is 0. The van der Waals surface area contributed by atoms with Crippen LogP contribution in [0.2, 0.25) is 0 Å². The van der Waals surface area contributed by atoms with E-state index in [0.29, 0.717) is 0 Å². The van der Waals surface area contributed by atoms with Crippen LogP contribution in [0.5, 0.6) is 0 Å². The Morgan fingerprint density at radius 2 is 1.58 bits per heavy atom. The highest BCUT2D eigenvalue weighted by Crippen LogP contribution is 2.27. The summed E-state index contributed by atoms with van der Waals surface area (Å²) < 4.78 is 0. The van der Waals surface area contributed by atoms with Gasteiger partial charge in [-0.15, -0.1) is 0 Å². The van der Waals surface area contributed by atoms with Crippen molar-refractivity contribution < 1.29 is 0 Å². The number of benzene rings is 3. The summed E-state index contributed by atoms with van der Waals surface area (Å²) >= 11 is 0. The summed E-state index contributed by atoms with van der Waals surface area (Å²) in [4.78, 5) is 4.87. The second-order valence-corrected chi connectivity index (χ2v) is 4.99. The summed E-state index contributed by atoms with van der Waals surface area (Å²) in [6.07, 6.45) is 0. The molecular weight excluding hydrogens is 230 g/mol. The van der Waals surface area contributed by atoms with Gasteiger partial charge in [0.25, 0.3) is 0 Å². The van der Waals surface area contributed by atoms with E-state index in [0.717, 1.165) is 11.0 Å². The average Bonchev–Trinajstić information content (AvgIpc) is 2.46. The van der Waals surface area contributed by atoms with Crippen LogP contribution in [-0.4, -0.2) is 4.98 Å². The van der Waals surface area contributed by atoms with Gasteiger partial charge < -0.3 is 0 Å². The van der Waals surface area contributed by atoms with Gasteiger partial charge >= 0.3 is 0 Å². The molecule has 0 fully saturated rings. The lowest BCUT2D eigenvalue weighted by atomic mass is 10.0. The fourth-order valence-electron chi connectivity index (χ4n) is 2.74. The summed E-state index contributed by atoms with van der Waals surface area (Å²) in [7, 11) is 0. The smallest absolute Gasteiger partial charge is 0.0788 e.